The second-order valence-electron chi connectivity index (χ2n) is 5.22. The van der Waals surface area contributed by atoms with Gasteiger partial charge in [-0.2, -0.15) is 0 Å². The lowest BCUT2D eigenvalue weighted by molar-refractivity contribution is 0.0736. The highest BCUT2D eigenvalue weighted by Gasteiger charge is 2.28. The molecule has 0 radical (unpaired) electrons. The minimum Gasteiger partial charge on any atom is -0.491 e. The van der Waals surface area contributed by atoms with Crippen molar-refractivity contribution in [3.63, 3.8) is 0 Å². The number of hydrogen-bond donors (Lipinski definition) is 1. The van der Waals surface area contributed by atoms with E-state index < -0.39 is 0 Å². The summed E-state index contributed by atoms with van der Waals surface area (Å²) in [6, 6.07) is 7.67. The van der Waals surface area contributed by atoms with Gasteiger partial charge in [-0.1, -0.05) is 6.07 Å². The minimum absolute atomic E-state index is 0. The average molecular weight is 329 g/mol. The standard InChI is InChI=1S/C16H24N2O3.ClH/c1-17-12-14-6-4-8-18(14)16(19)13-5-3-7-15(11-13)21-10-9-20-2;/h3,5,7,11,14,17H,4,6,8-10,12H2,1-2H3;1H. The zero-order valence-corrected chi connectivity index (χ0v) is 14.0. The maximum atomic E-state index is 12.6. The van der Waals surface area contributed by atoms with Crippen LogP contribution in [0.2, 0.25) is 0 Å². The topological polar surface area (TPSA) is 50.8 Å². The monoisotopic (exact) mass is 328 g/mol. The fourth-order valence-corrected chi connectivity index (χ4v) is 2.68. The number of nitrogens with zero attached hydrogens (tertiary/aromatic N) is 1. The summed E-state index contributed by atoms with van der Waals surface area (Å²) in [7, 11) is 3.56. The lowest BCUT2D eigenvalue weighted by Crippen LogP contribution is -2.40. The van der Waals surface area contributed by atoms with Gasteiger partial charge in [-0.3, -0.25) is 4.79 Å². The fourth-order valence-electron chi connectivity index (χ4n) is 2.68. The summed E-state index contributed by atoms with van der Waals surface area (Å²) in [4.78, 5) is 14.6. The van der Waals surface area contributed by atoms with Gasteiger partial charge in [0.1, 0.15) is 12.4 Å². The van der Waals surface area contributed by atoms with E-state index in [1.54, 1.807) is 7.11 Å². The third-order valence-corrected chi connectivity index (χ3v) is 3.71. The molecule has 0 spiro atoms. The number of halogens is 1. The Hall–Kier alpha value is -1.30. The third-order valence-electron chi connectivity index (χ3n) is 3.71. The summed E-state index contributed by atoms with van der Waals surface area (Å²) in [6.45, 7) is 2.70. The van der Waals surface area contributed by atoms with Crippen molar-refractivity contribution in [1.82, 2.24) is 10.2 Å². The molecular weight excluding hydrogens is 304 g/mol. The van der Waals surface area contributed by atoms with Crippen molar-refractivity contribution in [3.05, 3.63) is 29.8 Å². The molecule has 1 heterocycles. The lowest BCUT2D eigenvalue weighted by atomic mass is 10.1. The Bertz CT molecular complexity index is 470. The number of carbonyl (C=O) groups is 1. The summed E-state index contributed by atoms with van der Waals surface area (Å²) in [6.07, 6.45) is 2.14. The van der Waals surface area contributed by atoms with Crippen molar-refractivity contribution in [2.75, 3.05) is 40.5 Å². The van der Waals surface area contributed by atoms with Gasteiger partial charge in [0.25, 0.3) is 5.91 Å². The van der Waals surface area contributed by atoms with Crippen molar-refractivity contribution in [2.24, 2.45) is 0 Å². The van der Waals surface area contributed by atoms with E-state index in [1.807, 2.05) is 36.2 Å². The predicted octanol–water partition coefficient (Wildman–Crippen LogP) is 1.96. The van der Waals surface area contributed by atoms with Gasteiger partial charge in [0.05, 0.1) is 6.61 Å². The molecule has 0 saturated carbocycles. The first-order chi connectivity index (χ1) is 10.3. The Morgan fingerprint density at radius 1 is 1.41 bits per heavy atom. The first kappa shape index (κ1) is 18.7. The molecule has 1 aliphatic rings. The van der Waals surface area contributed by atoms with Gasteiger partial charge in [-0.15, -0.1) is 12.4 Å². The molecule has 1 N–H and O–H groups in total. The quantitative estimate of drug-likeness (QED) is 0.777. The third kappa shape index (κ3) is 4.87. The van der Waals surface area contributed by atoms with Crippen molar-refractivity contribution in [1.29, 1.82) is 0 Å². The van der Waals surface area contributed by atoms with Crippen LogP contribution in [0.4, 0.5) is 0 Å². The van der Waals surface area contributed by atoms with Gasteiger partial charge >= 0.3 is 0 Å². The van der Waals surface area contributed by atoms with Gasteiger partial charge in [0, 0.05) is 31.8 Å². The fraction of sp³-hybridized carbons (Fsp3) is 0.562. The number of methoxy groups -OCH3 is 1. The van der Waals surface area contributed by atoms with Gasteiger partial charge in [0.2, 0.25) is 0 Å². The summed E-state index contributed by atoms with van der Waals surface area (Å²) >= 11 is 0. The summed E-state index contributed by atoms with van der Waals surface area (Å²) in [5.41, 5.74) is 0.688. The molecule has 2 rings (SSSR count). The highest BCUT2D eigenvalue weighted by atomic mass is 35.5. The summed E-state index contributed by atoms with van der Waals surface area (Å²) in [5, 5.41) is 3.16. The van der Waals surface area contributed by atoms with E-state index in [0.717, 1.165) is 25.9 Å². The van der Waals surface area contributed by atoms with Gasteiger partial charge in [-0.05, 0) is 38.1 Å². The summed E-state index contributed by atoms with van der Waals surface area (Å²) < 4.78 is 10.5. The Morgan fingerprint density at radius 3 is 2.95 bits per heavy atom. The van der Waals surface area contributed by atoms with Crippen LogP contribution in [0.25, 0.3) is 0 Å². The van der Waals surface area contributed by atoms with Crippen LogP contribution in [0.15, 0.2) is 24.3 Å². The number of ether oxygens (including phenoxy) is 2. The highest BCUT2D eigenvalue weighted by molar-refractivity contribution is 5.95. The number of amides is 1. The molecule has 6 heteroatoms. The maximum Gasteiger partial charge on any atom is 0.254 e. The normalized spacial score (nSPS) is 17.2. The number of likely N-dealkylation sites (tertiary alicyclic amines) is 1. The van der Waals surface area contributed by atoms with E-state index in [4.69, 9.17) is 9.47 Å². The van der Waals surface area contributed by atoms with Crippen LogP contribution >= 0.6 is 12.4 Å². The van der Waals surface area contributed by atoms with Gasteiger partial charge in [0.15, 0.2) is 0 Å². The van der Waals surface area contributed by atoms with Crippen molar-refractivity contribution in [2.45, 2.75) is 18.9 Å². The molecule has 1 unspecified atom stereocenters. The molecule has 1 atom stereocenters. The molecule has 0 aliphatic carbocycles. The van der Waals surface area contributed by atoms with Crippen LogP contribution in [-0.4, -0.2) is 57.3 Å². The molecular formula is C16H25ClN2O3. The number of hydrogen-bond acceptors (Lipinski definition) is 4. The molecule has 22 heavy (non-hydrogen) atoms. The SMILES string of the molecule is CNCC1CCCN1C(=O)c1cccc(OCCOC)c1.Cl. The Balaban J connectivity index is 0.00000242. The molecule has 5 nitrogen and oxygen atoms in total. The minimum atomic E-state index is 0. The zero-order valence-electron chi connectivity index (χ0n) is 13.2. The maximum absolute atomic E-state index is 12.6. The second kappa shape index (κ2) is 9.66. The van der Waals surface area contributed by atoms with Crippen molar-refractivity contribution < 1.29 is 14.3 Å². The zero-order chi connectivity index (χ0) is 15.1. The van der Waals surface area contributed by atoms with Crippen LogP contribution in [0.3, 0.4) is 0 Å². The smallest absolute Gasteiger partial charge is 0.254 e. The molecule has 1 amide bonds. The molecule has 1 aliphatic heterocycles. The predicted molar refractivity (Wildman–Crippen MR) is 89.0 cm³/mol. The molecule has 0 bridgehead atoms. The molecule has 1 saturated heterocycles. The van der Waals surface area contributed by atoms with Crippen LogP contribution in [-0.2, 0) is 4.74 Å². The number of carbonyl (C=O) groups excluding carboxylic acids is 1. The highest BCUT2D eigenvalue weighted by Crippen LogP contribution is 2.21. The largest absolute Gasteiger partial charge is 0.491 e. The first-order valence-corrected chi connectivity index (χ1v) is 7.43. The van der Waals surface area contributed by atoms with E-state index >= 15 is 0 Å². The Kier molecular flexibility index (Phi) is 8.24. The van der Waals surface area contributed by atoms with Crippen LogP contribution < -0.4 is 10.1 Å². The van der Waals surface area contributed by atoms with Crippen LogP contribution in [0.1, 0.15) is 23.2 Å². The van der Waals surface area contributed by atoms with Gasteiger partial charge in [-0.25, -0.2) is 0 Å². The number of rotatable bonds is 7. The second-order valence-corrected chi connectivity index (χ2v) is 5.22. The molecule has 1 aromatic rings. The molecule has 124 valence electrons. The van der Waals surface area contributed by atoms with E-state index in [0.29, 0.717) is 30.6 Å². The lowest BCUT2D eigenvalue weighted by Gasteiger charge is -2.24. The van der Waals surface area contributed by atoms with Crippen molar-refractivity contribution in [3.8, 4) is 5.75 Å². The first-order valence-electron chi connectivity index (χ1n) is 7.43. The Labute approximate surface area is 138 Å². The molecule has 1 fully saturated rings. The van der Waals surface area contributed by atoms with Gasteiger partial charge < -0.3 is 19.7 Å². The Morgan fingerprint density at radius 2 is 2.23 bits per heavy atom. The molecule has 0 aromatic heterocycles. The number of likely N-dealkylation sites (N-methyl/N-ethyl adjacent to an activating group) is 1. The number of nitrogens with one attached hydrogen (secondary N) is 1. The van der Waals surface area contributed by atoms with Crippen molar-refractivity contribution >= 4 is 18.3 Å². The number of benzene rings is 1. The molecule has 1 aromatic carbocycles. The van der Waals surface area contributed by atoms with E-state index in [2.05, 4.69) is 5.32 Å². The van der Waals surface area contributed by atoms with E-state index in [-0.39, 0.29) is 18.3 Å². The average Bonchev–Trinajstić information content (AvgIpc) is 2.96. The van der Waals surface area contributed by atoms with Crippen LogP contribution in [0, 0.1) is 0 Å². The van der Waals surface area contributed by atoms with Crippen LogP contribution in [0.5, 0.6) is 5.75 Å². The van der Waals surface area contributed by atoms with E-state index in [1.165, 1.54) is 0 Å². The summed E-state index contributed by atoms with van der Waals surface area (Å²) in [5.74, 6) is 0.798. The van der Waals surface area contributed by atoms with E-state index in [9.17, 15) is 4.79 Å².